The van der Waals surface area contributed by atoms with Gasteiger partial charge in [-0.2, -0.15) is 0 Å². The Labute approximate surface area is 123 Å². The number of likely N-dealkylation sites (tertiary alicyclic amines) is 1. The van der Waals surface area contributed by atoms with E-state index in [2.05, 4.69) is 30.9 Å². The zero-order valence-electron chi connectivity index (χ0n) is 12.8. The lowest BCUT2D eigenvalue weighted by Gasteiger charge is -2.36. The average molecular weight is 276 g/mol. The second kappa shape index (κ2) is 7.65. The molecular weight excluding hydrogens is 248 g/mol. The van der Waals surface area contributed by atoms with Crippen molar-refractivity contribution >= 4 is 0 Å². The van der Waals surface area contributed by atoms with Crippen LogP contribution >= 0.6 is 0 Å². The molecule has 2 N–H and O–H groups in total. The van der Waals surface area contributed by atoms with Crippen molar-refractivity contribution in [3.8, 4) is 5.75 Å². The Morgan fingerprint density at radius 1 is 1.40 bits per heavy atom. The van der Waals surface area contributed by atoms with E-state index in [4.69, 9.17) is 10.5 Å². The molecule has 2 rings (SSSR count). The third-order valence-electron chi connectivity index (χ3n) is 4.28. The van der Waals surface area contributed by atoms with Crippen molar-refractivity contribution in [1.82, 2.24) is 4.90 Å². The van der Waals surface area contributed by atoms with Crippen molar-refractivity contribution in [3.63, 3.8) is 0 Å². The van der Waals surface area contributed by atoms with E-state index < -0.39 is 0 Å². The van der Waals surface area contributed by atoms with Crippen LogP contribution < -0.4 is 10.5 Å². The van der Waals surface area contributed by atoms with Gasteiger partial charge >= 0.3 is 0 Å². The van der Waals surface area contributed by atoms with Crippen molar-refractivity contribution in [1.29, 1.82) is 0 Å². The highest BCUT2D eigenvalue weighted by molar-refractivity contribution is 5.27. The van der Waals surface area contributed by atoms with E-state index in [1.807, 2.05) is 12.1 Å². The Morgan fingerprint density at radius 3 is 3.00 bits per heavy atom. The topological polar surface area (TPSA) is 38.5 Å². The molecule has 1 fully saturated rings. The maximum atomic E-state index is 6.15. The molecule has 1 saturated heterocycles. The number of benzene rings is 1. The summed E-state index contributed by atoms with van der Waals surface area (Å²) in [5.41, 5.74) is 7.39. The van der Waals surface area contributed by atoms with Gasteiger partial charge in [-0.15, -0.1) is 0 Å². The first-order valence-corrected chi connectivity index (χ1v) is 7.86. The largest absolute Gasteiger partial charge is 0.494 e. The molecule has 1 aliphatic rings. The van der Waals surface area contributed by atoms with E-state index in [9.17, 15) is 0 Å². The summed E-state index contributed by atoms with van der Waals surface area (Å²) in [6, 6.07) is 8.66. The zero-order chi connectivity index (χ0) is 14.4. The van der Waals surface area contributed by atoms with Gasteiger partial charge in [0.2, 0.25) is 0 Å². The van der Waals surface area contributed by atoms with E-state index in [0.717, 1.165) is 44.8 Å². The Balaban J connectivity index is 1.66. The number of piperidine rings is 1. The molecule has 2 atom stereocenters. The van der Waals surface area contributed by atoms with E-state index >= 15 is 0 Å². The van der Waals surface area contributed by atoms with E-state index in [-0.39, 0.29) is 0 Å². The maximum absolute atomic E-state index is 6.15. The highest BCUT2D eigenvalue weighted by Crippen LogP contribution is 2.18. The predicted octanol–water partition coefficient (Wildman–Crippen LogP) is 2.82. The van der Waals surface area contributed by atoms with E-state index in [0.29, 0.717) is 12.0 Å². The first-order chi connectivity index (χ1) is 9.69. The SMILES string of the molecule is CCC1CN(CCCOc2cccc(C)c2)CCC1N. The molecule has 3 nitrogen and oxygen atoms in total. The van der Waals surface area contributed by atoms with Crippen LogP contribution in [0.25, 0.3) is 0 Å². The second-order valence-corrected chi connectivity index (χ2v) is 5.94. The van der Waals surface area contributed by atoms with Gasteiger partial charge in [0.25, 0.3) is 0 Å². The number of nitrogens with two attached hydrogens (primary N) is 1. The summed E-state index contributed by atoms with van der Waals surface area (Å²) in [5.74, 6) is 1.65. The van der Waals surface area contributed by atoms with Gasteiger partial charge in [0.1, 0.15) is 5.75 Å². The van der Waals surface area contributed by atoms with Gasteiger partial charge in [0, 0.05) is 19.1 Å². The summed E-state index contributed by atoms with van der Waals surface area (Å²) in [5, 5.41) is 0. The van der Waals surface area contributed by atoms with Crippen LogP contribution in [0.1, 0.15) is 31.7 Å². The minimum absolute atomic E-state index is 0.403. The van der Waals surface area contributed by atoms with Crippen molar-refractivity contribution in [3.05, 3.63) is 29.8 Å². The molecule has 1 aliphatic heterocycles. The monoisotopic (exact) mass is 276 g/mol. The quantitative estimate of drug-likeness (QED) is 0.812. The summed E-state index contributed by atoms with van der Waals surface area (Å²) in [7, 11) is 0. The lowest BCUT2D eigenvalue weighted by Crippen LogP contribution is -2.47. The van der Waals surface area contributed by atoms with Crippen LogP contribution in [-0.4, -0.2) is 37.2 Å². The predicted molar refractivity (Wildman–Crippen MR) is 84.1 cm³/mol. The standard InChI is InChI=1S/C17H28N2O/c1-3-15-13-19(10-8-17(15)18)9-5-11-20-16-7-4-6-14(2)12-16/h4,6-7,12,15,17H,3,5,8-11,13,18H2,1-2H3. The van der Waals surface area contributed by atoms with Crippen LogP contribution in [0.5, 0.6) is 5.75 Å². The smallest absolute Gasteiger partial charge is 0.119 e. The number of hydrogen-bond acceptors (Lipinski definition) is 3. The van der Waals surface area contributed by atoms with Gasteiger partial charge in [-0.05, 0) is 49.9 Å². The molecule has 0 aliphatic carbocycles. The molecule has 20 heavy (non-hydrogen) atoms. The molecule has 0 bridgehead atoms. The van der Waals surface area contributed by atoms with Crippen molar-refractivity contribution in [2.75, 3.05) is 26.2 Å². The lowest BCUT2D eigenvalue weighted by atomic mass is 9.91. The Kier molecular flexibility index (Phi) is 5.86. The summed E-state index contributed by atoms with van der Waals surface area (Å²) in [4.78, 5) is 2.54. The van der Waals surface area contributed by atoms with Crippen LogP contribution in [0, 0.1) is 12.8 Å². The van der Waals surface area contributed by atoms with Crippen molar-refractivity contribution < 1.29 is 4.74 Å². The highest BCUT2D eigenvalue weighted by Gasteiger charge is 2.24. The summed E-state index contributed by atoms with van der Waals surface area (Å²) >= 11 is 0. The third-order valence-corrected chi connectivity index (χ3v) is 4.28. The number of rotatable bonds is 6. The molecule has 0 amide bonds. The molecule has 3 heteroatoms. The summed E-state index contributed by atoms with van der Waals surface area (Å²) in [6.45, 7) is 8.55. The van der Waals surface area contributed by atoms with Gasteiger partial charge in [-0.3, -0.25) is 0 Å². The zero-order valence-corrected chi connectivity index (χ0v) is 12.8. The Hall–Kier alpha value is -1.06. The van der Waals surface area contributed by atoms with Crippen molar-refractivity contribution in [2.24, 2.45) is 11.7 Å². The molecule has 0 aromatic heterocycles. The highest BCUT2D eigenvalue weighted by atomic mass is 16.5. The average Bonchev–Trinajstić information content (AvgIpc) is 2.45. The maximum Gasteiger partial charge on any atom is 0.119 e. The fourth-order valence-corrected chi connectivity index (χ4v) is 2.94. The van der Waals surface area contributed by atoms with Gasteiger partial charge in [0.05, 0.1) is 6.61 Å². The molecule has 1 aromatic rings. The molecule has 1 aromatic carbocycles. The summed E-state index contributed by atoms with van der Waals surface area (Å²) in [6.07, 6.45) is 3.41. The van der Waals surface area contributed by atoms with Gasteiger partial charge in [0.15, 0.2) is 0 Å². The van der Waals surface area contributed by atoms with Crippen LogP contribution in [0.3, 0.4) is 0 Å². The van der Waals surface area contributed by atoms with Gasteiger partial charge in [-0.1, -0.05) is 25.5 Å². The molecule has 0 radical (unpaired) electrons. The van der Waals surface area contributed by atoms with Crippen LogP contribution in [0.4, 0.5) is 0 Å². The number of nitrogens with zero attached hydrogens (tertiary/aromatic N) is 1. The summed E-state index contributed by atoms with van der Waals surface area (Å²) < 4.78 is 5.80. The van der Waals surface area contributed by atoms with Crippen LogP contribution in [0.2, 0.25) is 0 Å². The number of hydrogen-bond donors (Lipinski definition) is 1. The molecule has 112 valence electrons. The fourth-order valence-electron chi connectivity index (χ4n) is 2.94. The molecule has 0 spiro atoms. The molecular formula is C17H28N2O. The van der Waals surface area contributed by atoms with Crippen LogP contribution in [-0.2, 0) is 0 Å². The number of ether oxygens (including phenoxy) is 1. The van der Waals surface area contributed by atoms with Crippen LogP contribution in [0.15, 0.2) is 24.3 Å². The number of aryl methyl sites for hydroxylation is 1. The third kappa shape index (κ3) is 4.50. The fraction of sp³-hybridized carbons (Fsp3) is 0.647. The second-order valence-electron chi connectivity index (χ2n) is 5.94. The minimum atomic E-state index is 0.403. The van der Waals surface area contributed by atoms with E-state index in [1.54, 1.807) is 0 Å². The normalized spacial score (nSPS) is 23.8. The van der Waals surface area contributed by atoms with Gasteiger partial charge < -0.3 is 15.4 Å². The lowest BCUT2D eigenvalue weighted by molar-refractivity contribution is 0.143. The first kappa shape index (κ1) is 15.3. The Morgan fingerprint density at radius 2 is 2.25 bits per heavy atom. The Bertz CT molecular complexity index is 408. The molecule has 1 heterocycles. The first-order valence-electron chi connectivity index (χ1n) is 7.86. The van der Waals surface area contributed by atoms with Gasteiger partial charge in [-0.25, -0.2) is 0 Å². The van der Waals surface area contributed by atoms with Crippen molar-refractivity contribution in [2.45, 2.75) is 39.2 Å². The molecule has 0 saturated carbocycles. The minimum Gasteiger partial charge on any atom is -0.494 e. The molecule has 2 unspecified atom stereocenters. The van der Waals surface area contributed by atoms with E-state index in [1.165, 1.54) is 12.0 Å².